The largest absolute Gasteiger partial charge is 0.352 e. The number of aromatic nitrogens is 2. The van der Waals surface area contributed by atoms with E-state index in [4.69, 9.17) is 0 Å². The quantitative estimate of drug-likeness (QED) is 0.541. The van der Waals surface area contributed by atoms with Crippen molar-refractivity contribution in [3.8, 4) is 16.9 Å². The molecule has 1 unspecified atom stereocenters. The SMILES string of the molecule is CN(C)C(=O)C1CCCN1CCCNC(=O)c1cccc(-n2nccc2-c2ccccc2)c1. The van der Waals surface area contributed by atoms with Crippen LogP contribution in [0.3, 0.4) is 0 Å². The van der Waals surface area contributed by atoms with Crippen molar-refractivity contribution < 1.29 is 9.59 Å². The standard InChI is InChI=1S/C26H31N5O2/c1-29(2)26(33)24-13-7-17-30(24)18-8-15-27-25(32)21-11-6-12-22(19-21)31-23(14-16-28-31)20-9-4-3-5-10-20/h3-6,9-12,14,16,19,24H,7-8,13,15,17-18H2,1-2H3,(H,27,32). The first-order valence-electron chi connectivity index (χ1n) is 11.5. The second-order valence-electron chi connectivity index (χ2n) is 8.58. The van der Waals surface area contributed by atoms with Crippen molar-refractivity contribution >= 4 is 11.8 Å². The topological polar surface area (TPSA) is 70.5 Å². The van der Waals surface area contributed by atoms with E-state index in [0.717, 1.165) is 49.3 Å². The van der Waals surface area contributed by atoms with Crippen LogP contribution in [0.4, 0.5) is 0 Å². The van der Waals surface area contributed by atoms with Crippen LogP contribution in [0, 0.1) is 0 Å². The summed E-state index contributed by atoms with van der Waals surface area (Å²) in [7, 11) is 3.61. The van der Waals surface area contributed by atoms with Crippen molar-refractivity contribution in [3.63, 3.8) is 0 Å². The summed E-state index contributed by atoms with van der Waals surface area (Å²) in [6, 6.07) is 19.5. The van der Waals surface area contributed by atoms with Gasteiger partial charge < -0.3 is 10.2 Å². The smallest absolute Gasteiger partial charge is 0.251 e. The molecule has 1 saturated heterocycles. The molecule has 0 spiro atoms. The van der Waals surface area contributed by atoms with E-state index in [-0.39, 0.29) is 17.9 Å². The Morgan fingerprint density at radius 2 is 1.91 bits per heavy atom. The number of hydrogen-bond donors (Lipinski definition) is 1. The molecule has 1 aliphatic heterocycles. The third kappa shape index (κ3) is 5.31. The molecule has 1 N–H and O–H groups in total. The maximum absolute atomic E-state index is 12.8. The minimum absolute atomic E-state index is 0.0275. The van der Waals surface area contributed by atoms with Crippen molar-refractivity contribution in [1.82, 2.24) is 24.9 Å². The minimum Gasteiger partial charge on any atom is -0.352 e. The molecule has 1 aliphatic rings. The summed E-state index contributed by atoms with van der Waals surface area (Å²) in [5.74, 6) is 0.0643. The fourth-order valence-corrected chi connectivity index (χ4v) is 4.37. The van der Waals surface area contributed by atoms with Gasteiger partial charge in [0.25, 0.3) is 5.91 Å². The zero-order valence-electron chi connectivity index (χ0n) is 19.3. The molecule has 2 aromatic carbocycles. The maximum atomic E-state index is 12.8. The summed E-state index contributed by atoms with van der Waals surface area (Å²) in [5, 5.41) is 7.48. The summed E-state index contributed by atoms with van der Waals surface area (Å²) in [6.45, 7) is 2.31. The summed E-state index contributed by atoms with van der Waals surface area (Å²) in [5.41, 5.74) is 3.48. The zero-order valence-corrected chi connectivity index (χ0v) is 19.3. The summed E-state index contributed by atoms with van der Waals surface area (Å²) >= 11 is 0. The van der Waals surface area contributed by atoms with Crippen molar-refractivity contribution in [3.05, 3.63) is 72.4 Å². The molecule has 2 amide bonds. The van der Waals surface area contributed by atoms with Crippen molar-refractivity contribution in [2.75, 3.05) is 33.7 Å². The normalized spacial score (nSPS) is 16.0. The highest BCUT2D eigenvalue weighted by Crippen LogP contribution is 2.22. The number of amides is 2. The van der Waals surface area contributed by atoms with E-state index in [9.17, 15) is 9.59 Å². The van der Waals surface area contributed by atoms with Gasteiger partial charge in [0.1, 0.15) is 0 Å². The van der Waals surface area contributed by atoms with Gasteiger partial charge in [-0.15, -0.1) is 0 Å². The van der Waals surface area contributed by atoms with Gasteiger partial charge in [0.2, 0.25) is 5.91 Å². The van der Waals surface area contributed by atoms with Crippen LogP contribution in [-0.2, 0) is 4.79 Å². The fraction of sp³-hybridized carbons (Fsp3) is 0.346. The van der Waals surface area contributed by atoms with Gasteiger partial charge in [-0.2, -0.15) is 5.10 Å². The number of rotatable bonds is 8. The van der Waals surface area contributed by atoms with Gasteiger partial charge in [-0.25, -0.2) is 4.68 Å². The highest BCUT2D eigenvalue weighted by atomic mass is 16.2. The molecule has 0 saturated carbocycles. The Bertz CT molecular complexity index is 1090. The number of nitrogens with zero attached hydrogens (tertiary/aromatic N) is 4. The molecule has 4 rings (SSSR count). The summed E-state index contributed by atoms with van der Waals surface area (Å²) in [6.07, 6.45) is 4.53. The van der Waals surface area contributed by atoms with Crippen LogP contribution in [0.1, 0.15) is 29.6 Å². The van der Waals surface area contributed by atoms with Crippen molar-refractivity contribution in [2.45, 2.75) is 25.3 Å². The van der Waals surface area contributed by atoms with Gasteiger partial charge in [0.05, 0.1) is 23.6 Å². The molecule has 0 aliphatic carbocycles. The Kier molecular flexibility index (Phi) is 7.19. The Hall–Kier alpha value is -3.45. The monoisotopic (exact) mass is 445 g/mol. The van der Waals surface area contributed by atoms with E-state index in [1.54, 1.807) is 25.2 Å². The van der Waals surface area contributed by atoms with Crippen molar-refractivity contribution in [2.24, 2.45) is 0 Å². The van der Waals surface area contributed by atoms with Gasteiger partial charge in [0.15, 0.2) is 0 Å². The first-order valence-corrected chi connectivity index (χ1v) is 11.5. The van der Waals surface area contributed by atoms with Crippen molar-refractivity contribution in [1.29, 1.82) is 0 Å². The number of carbonyl (C=O) groups excluding carboxylic acids is 2. The Balaban J connectivity index is 1.35. The fourth-order valence-electron chi connectivity index (χ4n) is 4.37. The van der Waals surface area contributed by atoms with E-state index >= 15 is 0 Å². The van der Waals surface area contributed by atoms with Gasteiger partial charge in [0, 0.05) is 38.3 Å². The van der Waals surface area contributed by atoms with Crippen LogP contribution in [0.15, 0.2) is 66.9 Å². The minimum atomic E-state index is -0.104. The molecule has 0 radical (unpaired) electrons. The number of nitrogens with one attached hydrogen (secondary N) is 1. The third-order valence-corrected chi connectivity index (χ3v) is 6.06. The second kappa shape index (κ2) is 10.4. The molecule has 1 aromatic heterocycles. The lowest BCUT2D eigenvalue weighted by atomic mass is 10.1. The van der Waals surface area contributed by atoms with Crippen LogP contribution in [-0.4, -0.2) is 71.2 Å². The lowest BCUT2D eigenvalue weighted by molar-refractivity contribution is -0.133. The maximum Gasteiger partial charge on any atom is 0.251 e. The number of likely N-dealkylation sites (tertiary alicyclic amines) is 1. The number of likely N-dealkylation sites (N-methyl/N-ethyl adjacent to an activating group) is 1. The van der Waals surface area contributed by atoms with Gasteiger partial charge in [-0.1, -0.05) is 36.4 Å². The van der Waals surface area contributed by atoms with Crippen LogP contribution >= 0.6 is 0 Å². The van der Waals surface area contributed by atoms with E-state index in [2.05, 4.69) is 15.3 Å². The van der Waals surface area contributed by atoms with E-state index in [1.165, 1.54) is 0 Å². The van der Waals surface area contributed by atoms with Crippen LogP contribution in [0.5, 0.6) is 0 Å². The second-order valence-corrected chi connectivity index (χ2v) is 8.58. The van der Waals surface area contributed by atoms with E-state index < -0.39 is 0 Å². The molecule has 172 valence electrons. The first kappa shape index (κ1) is 22.7. The molecule has 33 heavy (non-hydrogen) atoms. The van der Waals surface area contributed by atoms with Gasteiger partial charge in [-0.3, -0.25) is 14.5 Å². The highest BCUT2D eigenvalue weighted by Gasteiger charge is 2.31. The molecular weight excluding hydrogens is 414 g/mol. The van der Waals surface area contributed by atoms with Crippen LogP contribution in [0.2, 0.25) is 0 Å². The Morgan fingerprint density at radius 1 is 1.09 bits per heavy atom. The predicted octanol–water partition coefficient (Wildman–Crippen LogP) is 3.21. The molecule has 0 bridgehead atoms. The molecule has 1 fully saturated rings. The molecule has 3 aromatic rings. The van der Waals surface area contributed by atoms with Crippen LogP contribution in [0.25, 0.3) is 16.9 Å². The highest BCUT2D eigenvalue weighted by molar-refractivity contribution is 5.94. The Labute approximate surface area is 195 Å². The Morgan fingerprint density at radius 3 is 2.70 bits per heavy atom. The number of carbonyl (C=O) groups is 2. The summed E-state index contributed by atoms with van der Waals surface area (Å²) in [4.78, 5) is 29.0. The lowest BCUT2D eigenvalue weighted by Crippen LogP contribution is -2.43. The average molecular weight is 446 g/mol. The number of hydrogen-bond acceptors (Lipinski definition) is 4. The van der Waals surface area contributed by atoms with E-state index in [1.807, 2.05) is 65.3 Å². The zero-order chi connectivity index (χ0) is 23.2. The average Bonchev–Trinajstić information content (AvgIpc) is 3.51. The molecule has 7 nitrogen and oxygen atoms in total. The van der Waals surface area contributed by atoms with Crippen LogP contribution < -0.4 is 5.32 Å². The molecular formula is C26H31N5O2. The summed E-state index contributed by atoms with van der Waals surface area (Å²) < 4.78 is 1.85. The molecule has 7 heteroatoms. The van der Waals surface area contributed by atoms with Gasteiger partial charge in [-0.05, 0) is 50.1 Å². The van der Waals surface area contributed by atoms with E-state index in [0.29, 0.717) is 12.1 Å². The molecule has 2 heterocycles. The molecule has 1 atom stereocenters. The predicted molar refractivity (Wildman–Crippen MR) is 129 cm³/mol. The first-order chi connectivity index (χ1) is 16.0. The van der Waals surface area contributed by atoms with Gasteiger partial charge >= 0.3 is 0 Å². The third-order valence-electron chi connectivity index (χ3n) is 6.06. The number of benzene rings is 2. The lowest BCUT2D eigenvalue weighted by Gasteiger charge is -2.26.